The minimum absolute atomic E-state index is 0.673. The van der Waals surface area contributed by atoms with Gasteiger partial charge in [0.05, 0.1) is 6.61 Å². The van der Waals surface area contributed by atoms with Gasteiger partial charge in [-0.3, -0.25) is 0 Å². The van der Waals surface area contributed by atoms with E-state index in [9.17, 15) is 0 Å². The molecular formula is C16H25N3O. The van der Waals surface area contributed by atoms with E-state index in [0.29, 0.717) is 12.6 Å². The topological polar surface area (TPSA) is 37.4 Å². The fraction of sp³-hybridized carbons (Fsp3) is 0.688. The molecule has 1 aromatic heterocycles. The zero-order valence-electron chi connectivity index (χ0n) is 12.3. The molecule has 1 aromatic rings. The molecule has 110 valence electrons. The van der Waals surface area contributed by atoms with Crippen LogP contribution in [0.15, 0.2) is 18.2 Å². The minimum Gasteiger partial charge on any atom is -0.478 e. The zero-order valence-corrected chi connectivity index (χ0v) is 12.3. The van der Waals surface area contributed by atoms with Crippen molar-refractivity contribution < 1.29 is 4.74 Å². The Balaban J connectivity index is 1.70. The normalized spacial score (nSPS) is 22.6. The van der Waals surface area contributed by atoms with Gasteiger partial charge in [0.25, 0.3) is 0 Å². The van der Waals surface area contributed by atoms with E-state index in [1.807, 2.05) is 13.0 Å². The number of ether oxygens (including phenoxy) is 1. The van der Waals surface area contributed by atoms with Crippen LogP contribution in [0.3, 0.4) is 0 Å². The first-order chi connectivity index (χ1) is 9.86. The highest BCUT2D eigenvalue weighted by molar-refractivity contribution is 5.43. The number of nitrogens with one attached hydrogen (secondary N) is 1. The van der Waals surface area contributed by atoms with Gasteiger partial charge in [-0.2, -0.15) is 4.98 Å². The third-order valence-electron chi connectivity index (χ3n) is 4.14. The van der Waals surface area contributed by atoms with Crippen molar-refractivity contribution in [1.29, 1.82) is 0 Å². The number of anilines is 1. The summed E-state index contributed by atoms with van der Waals surface area (Å²) in [4.78, 5) is 7.17. The highest BCUT2D eigenvalue weighted by Crippen LogP contribution is 2.32. The number of nitrogens with zero attached hydrogens (tertiary/aromatic N) is 2. The molecular weight excluding hydrogens is 250 g/mol. The highest BCUT2D eigenvalue weighted by Gasteiger charge is 2.32. The zero-order chi connectivity index (χ0) is 13.8. The van der Waals surface area contributed by atoms with Gasteiger partial charge in [0.15, 0.2) is 0 Å². The SMILES string of the molecule is CCOc1cccc(N(CC2CCCNC2)C2CC2)n1. The molecule has 4 heteroatoms. The van der Waals surface area contributed by atoms with Crippen molar-refractivity contribution in [2.24, 2.45) is 5.92 Å². The Morgan fingerprint density at radius 3 is 2.95 bits per heavy atom. The second-order valence-electron chi connectivity index (χ2n) is 5.86. The van der Waals surface area contributed by atoms with Crippen molar-refractivity contribution in [3.8, 4) is 5.88 Å². The summed E-state index contributed by atoms with van der Waals surface area (Å²) in [5.74, 6) is 2.59. The largest absolute Gasteiger partial charge is 0.478 e. The van der Waals surface area contributed by atoms with Crippen molar-refractivity contribution in [2.75, 3.05) is 31.1 Å². The highest BCUT2D eigenvalue weighted by atomic mass is 16.5. The maximum absolute atomic E-state index is 5.54. The quantitative estimate of drug-likeness (QED) is 0.865. The Morgan fingerprint density at radius 1 is 1.35 bits per heavy atom. The Morgan fingerprint density at radius 2 is 2.25 bits per heavy atom. The first-order valence-corrected chi connectivity index (χ1v) is 7.94. The van der Waals surface area contributed by atoms with Crippen LogP contribution >= 0.6 is 0 Å². The Kier molecular flexibility index (Phi) is 4.41. The standard InChI is InChI=1S/C16H25N3O/c1-2-20-16-7-3-6-15(18-16)19(14-8-9-14)12-13-5-4-10-17-11-13/h3,6-7,13-14,17H,2,4-5,8-12H2,1H3. The third kappa shape index (κ3) is 3.42. The summed E-state index contributed by atoms with van der Waals surface area (Å²) in [5.41, 5.74) is 0. The van der Waals surface area contributed by atoms with Gasteiger partial charge in [-0.25, -0.2) is 0 Å². The van der Waals surface area contributed by atoms with Crippen molar-refractivity contribution in [3.05, 3.63) is 18.2 Å². The first kappa shape index (κ1) is 13.7. The Bertz CT molecular complexity index is 427. The molecule has 1 saturated heterocycles. The monoisotopic (exact) mass is 275 g/mol. The molecule has 1 atom stereocenters. The molecule has 0 radical (unpaired) electrons. The van der Waals surface area contributed by atoms with E-state index in [0.717, 1.165) is 30.7 Å². The summed E-state index contributed by atoms with van der Waals surface area (Å²) >= 11 is 0. The van der Waals surface area contributed by atoms with E-state index in [-0.39, 0.29) is 0 Å². The van der Waals surface area contributed by atoms with Crippen molar-refractivity contribution >= 4 is 5.82 Å². The molecule has 4 nitrogen and oxygen atoms in total. The van der Waals surface area contributed by atoms with Crippen molar-refractivity contribution in [1.82, 2.24) is 10.3 Å². The van der Waals surface area contributed by atoms with Gasteiger partial charge >= 0.3 is 0 Å². The van der Waals surface area contributed by atoms with Crippen molar-refractivity contribution in [3.63, 3.8) is 0 Å². The van der Waals surface area contributed by atoms with E-state index < -0.39 is 0 Å². The number of pyridine rings is 1. The van der Waals surface area contributed by atoms with E-state index in [2.05, 4.69) is 27.3 Å². The number of piperidine rings is 1. The second-order valence-corrected chi connectivity index (χ2v) is 5.86. The average molecular weight is 275 g/mol. The van der Waals surface area contributed by atoms with Crippen LogP contribution in [0.2, 0.25) is 0 Å². The van der Waals surface area contributed by atoms with E-state index in [1.54, 1.807) is 0 Å². The molecule has 0 amide bonds. The molecule has 1 aliphatic carbocycles. The number of hydrogen-bond donors (Lipinski definition) is 1. The average Bonchev–Trinajstić information content (AvgIpc) is 3.31. The third-order valence-corrected chi connectivity index (χ3v) is 4.14. The summed E-state index contributed by atoms with van der Waals surface area (Å²) in [5, 5.41) is 3.51. The molecule has 1 N–H and O–H groups in total. The van der Waals surface area contributed by atoms with Crippen LogP contribution in [-0.4, -0.2) is 37.3 Å². The van der Waals surface area contributed by atoms with Crippen LogP contribution < -0.4 is 15.0 Å². The lowest BCUT2D eigenvalue weighted by Crippen LogP contribution is -2.39. The Hall–Kier alpha value is -1.29. The summed E-state index contributed by atoms with van der Waals surface area (Å²) in [7, 11) is 0. The van der Waals surface area contributed by atoms with Crippen LogP contribution in [0.1, 0.15) is 32.6 Å². The van der Waals surface area contributed by atoms with E-state index in [1.165, 1.54) is 32.2 Å². The number of aromatic nitrogens is 1. The summed E-state index contributed by atoms with van der Waals surface area (Å²) in [6.45, 7) is 6.12. The van der Waals surface area contributed by atoms with Crippen LogP contribution in [0.4, 0.5) is 5.82 Å². The molecule has 1 saturated carbocycles. The van der Waals surface area contributed by atoms with Gasteiger partial charge in [0, 0.05) is 18.7 Å². The van der Waals surface area contributed by atoms with E-state index >= 15 is 0 Å². The molecule has 2 aliphatic rings. The fourth-order valence-electron chi connectivity index (χ4n) is 2.97. The molecule has 2 fully saturated rings. The summed E-state index contributed by atoms with van der Waals surface area (Å²) in [6, 6.07) is 6.82. The molecule has 0 spiro atoms. The predicted octanol–water partition coefficient (Wildman–Crippen LogP) is 2.45. The maximum atomic E-state index is 5.54. The number of hydrogen-bond acceptors (Lipinski definition) is 4. The molecule has 3 rings (SSSR count). The lowest BCUT2D eigenvalue weighted by Gasteiger charge is -2.31. The van der Waals surface area contributed by atoms with Crippen LogP contribution in [-0.2, 0) is 0 Å². The number of rotatable bonds is 6. The van der Waals surface area contributed by atoms with Gasteiger partial charge < -0.3 is 15.0 Å². The molecule has 0 bridgehead atoms. The van der Waals surface area contributed by atoms with Gasteiger partial charge in [0.1, 0.15) is 5.82 Å². The van der Waals surface area contributed by atoms with Gasteiger partial charge in [-0.1, -0.05) is 6.07 Å². The molecule has 0 aromatic carbocycles. The predicted molar refractivity (Wildman–Crippen MR) is 81.4 cm³/mol. The van der Waals surface area contributed by atoms with Crippen LogP contribution in [0.5, 0.6) is 5.88 Å². The first-order valence-electron chi connectivity index (χ1n) is 7.94. The van der Waals surface area contributed by atoms with E-state index in [4.69, 9.17) is 4.74 Å². The lowest BCUT2D eigenvalue weighted by molar-refractivity contribution is 0.326. The van der Waals surface area contributed by atoms with Gasteiger partial charge in [0.2, 0.25) is 5.88 Å². The molecule has 20 heavy (non-hydrogen) atoms. The smallest absolute Gasteiger partial charge is 0.215 e. The summed E-state index contributed by atoms with van der Waals surface area (Å²) < 4.78 is 5.54. The van der Waals surface area contributed by atoms with Crippen molar-refractivity contribution in [2.45, 2.75) is 38.6 Å². The lowest BCUT2D eigenvalue weighted by atomic mass is 9.99. The fourth-order valence-corrected chi connectivity index (χ4v) is 2.97. The van der Waals surface area contributed by atoms with Gasteiger partial charge in [-0.05, 0) is 57.7 Å². The molecule has 1 unspecified atom stereocenters. The van der Waals surface area contributed by atoms with Crippen LogP contribution in [0, 0.1) is 5.92 Å². The molecule has 2 heterocycles. The van der Waals surface area contributed by atoms with Crippen LogP contribution in [0.25, 0.3) is 0 Å². The second kappa shape index (κ2) is 6.44. The molecule has 1 aliphatic heterocycles. The minimum atomic E-state index is 0.673. The van der Waals surface area contributed by atoms with Gasteiger partial charge in [-0.15, -0.1) is 0 Å². The maximum Gasteiger partial charge on any atom is 0.215 e. The Labute approximate surface area is 121 Å². The summed E-state index contributed by atoms with van der Waals surface area (Å²) in [6.07, 6.45) is 5.25.